The zero-order chi connectivity index (χ0) is 15.8. The largest absolute Gasteiger partial charge is 0.493 e. The molecule has 21 heavy (non-hydrogen) atoms. The van der Waals surface area contributed by atoms with Crippen LogP contribution in [0.4, 0.5) is 0 Å². The Morgan fingerprint density at radius 1 is 1.33 bits per heavy atom. The maximum absolute atomic E-state index is 12.1. The van der Waals surface area contributed by atoms with Crippen LogP contribution in [-0.4, -0.2) is 30.5 Å². The van der Waals surface area contributed by atoms with Crippen molar-refractivity contribution in [3.8, 4) is 11.8 Å². The average Bonchev–Trinajstić information content (AvgIpc) is 2.48. The first-order valence-electron chi connectivity index (χ1n) is 7.41. The lowest BCUT2D eigenvalue weighted by Gasteiger charge is -2.21. The number of hydrogen-bond donors (Lipinski definition) is 0. The second kappa shape index (κ2) is 8.31. The van der Waals surface area contributed by atoms with E-state index in [0.29, 0.717) is 26.1 Å². The summed E-state index contributed by atoms with van der Waals surface area (Å²) < 4.78 is 5.73. The molecular formula is C17H24N2O2. The Labute approximate surface area is 127 Å². The molecule has 0 saturated heterocycles. The molecule has 1 unspecified atom stereocenters. The molecule has 1 atom stereocenters. The summed E-state index contributed by atoms with van der Waals surface area (Å²) in [4.78, 5) is 13.8. The van der Waals surface area contributed by atoms with Crippen LogP contribution in [0.2, 0.25) is 0 Å². The summed E-state index contributed by atoms with van der Waals surface area (Å²) in [5, 5.41) is 9.18. The van der Waals surface area contributed by atoms with E-state index in [0.717, 1.165) is 16.9 Å². The predicted octanol–water partition coefficient (Wildman–Crippen LogP) is 3.08. The molecule has 0 aliphatic heterocycles. The van der Waals surface area contributed by atoms with E-state index in [1.165, 1.54) is 0 Å². The number of hydrogen-bond acceptors (Lipinski definition) is 3. The van der Waals surface area contributed by atoms with Gasteiger partial charge in [0.1, 0.15) is 11.7 Å². The number of nitriles is 1. The van der Waals surface area contributed by atoms with Crippen LogP contribution < -0.4 is 4.74 Å². The first kappa shape index (κ1) is 17.0. The van der Waals surface area contributed by atoms with E-state index in [1.54, 1.807) is 4.90 Å². The van der Waals surface area contributed by atoms with Crippen molar-refractivity contribution in [1.82, 2.24) is 4.90 Å². The standard InChI is InChI=1S/C17H24N2O2/c1-5-19(6-2)17(20)15(12-18)9-10-21-16-11-13(3)7-8-14(16)4/h7-8,11,15H,5-6,9-10H2,1-4H3. The first-order chi connectivity index (χ1) is 10.0. The second-order valence-electron chi connectivity index (χ2n) is 5.10. The van der Waals surface area contributed by atoms with Gasteiger partial charge in [-0.1, -0.05) is 12.1 Å². The topological polar surface area (TPSA) is 53.3 Å². The molecule has 0 aliphatic carbocycles. The van der Waals surface area contributed by atoms with Crippen molar-refractivity contribution in [2.24, 2.45) is 5.92 Å². The number of rotatable bonds is 7. The van der Waals surface area contributed by atoms with Crippen molar-refractivity contribution in [2.75, 3.05) is 19.7 Å². The molecule has 0 bridgehead atoms. The molecule has 0 aliphatic rings. The molecule has 0 aromatic heterocycles. The molecule has 4 nitrogen and oxygen atoms in total. The van der Waals surface area contributed by atoms with Gasteiger partial charge in [0.2, 0.25) is 5.91 Å². The molecule has 0 N–H and O–H groups in total. The number of benzene rings is 1. The number of carbonyl (C=O) groups excluding carboxylic acids is 1. The first-order valence-corrected chi connectivity index (χ1v) is 7.41. The lowest BCUT2D eigenvalue weighted by atomic mass is 10.1. The van der Waals surface area contributed by atoms with Gasteiger partial charge in [-0.25, -0.2) is 0 Å². The Morgan fingerprint density at radius 3 is 2.57 bits per heavy atom. The summed E-state index contributed by atoms with van der Waals surface area (Å²) in [6.45, 7) is 9.46. The molecule has 0 fully saturated rings. The van der Waals surface area contributed by atoms with E-state index in [-0.39, 0.29) is 5.91 Å². The molecule has 4 heteroatoms. The van der Waals surface area contributed by atoms with Crippen LogP contribution in [0.3, 0.4) is 0 Å². The molecular weight excluding hydrogens is 264 g/mol. The molecule has 1 amide bonds. The van der Waals surface area contributed by atoms with Gasteiger partial charge in [-0.3, -0.25) is 4.79 Å². The smallest absolute Gasteiger partial charge is 0.240 e. The van der Waals surface area contributed by atoms with Gasteiger partial charge in [0.25, 0.3) is 0 Å². The summed E-state index contributed by atoms with van der Waals surface area (Å²) in [6.07, 6.45) is 0.416. The molecule has 0 radical (unpaired) electrons. The van der Waals surface area contributed by atoms with Crippen LogP contribution >= 0.6 is 0 Å². The Kier molecular flexibility index (Phi) is 6.74. The molecule has 0 saturated carbocycles. The highest BCUT2D eigenvalue weighted by Gasteiger charge is 2.22. The van der Waals surface area contributed by atoms with E-state index in [2.05, 4.69) is 6.07 Å². The van der Waals surface area contributed by atoms with Gasteiger partial charge >= 0.3 is 0 Å². The monoisotopic (exact) mass is 288 g/mol. The van der Waals surface area contributed by atoms with Crippen molar-refractivity contribution < 1.29 is 9.53 Å². The van der Waals surface area contributed by atoms with E-state index in [4.69, 9.17) is 4.74 Å². The maximum Gasteiger partial charge on any atom is 0.240 e. The lowest BCUT2D eigenvalue weighted by molar-refractivity contribution is -0.133. The van der Waals surface area contributed by atoms with Crippen LogP contribution in [0.15, 0.2) is 18.2 Å². The van der Waals surface area contributed by atoms with Crippen LogP contribution in [0.1, 0.15) is 31.4 Å². The number of nitrogens with zero attached hydrogens (tertiary/aromatic N) is 2. The fourth-order valence-electron chi connectivity index (χ4n) is 2.15. The van der Waals surface area contributed by atoms with Gasteiger partial charge in [0, 0.05) is 19.5 Å². The minimum atomic E-state index is -0.630. The van der Waals surface area contributed by atoms with Crippen molar-refractivity contribution in [1.29, 1.82) is 5.26 Å². The SMILES string of the molecule is CCN(CC)C(=O)C(C#N)CCOc1cc(C)ccc1C. The fraction of sp³-hybridized carbons (Fsp3) is 0.529. The number of carbonyl (C=O) groups is 1. The van der Waals surface area contributed by atoms with Gasteiger partial charge in [0.15, 0.2) is 0 Å². The summed E-state index contributed by atoms with van der Waals surface area (Å²) in [7, 11) is 0. The zero-order valence-corrected chi connectivity index (χ0v) is 13.3. The van der Waals surface area contributed by atoms with E-state index in [1.807, 2.05) is 45.9 Å². The fourth-order valence-corrected chi connectivity index (χ4v) is 2.15. The summed E-state index contributed by atoms with van der Waals surface area (Å²) in [5.41, 5.74) is 2.19. The van der Waals surface area contributed by atoms with Gasteiger partial charge in [-0.05, 0) is 44.9 Å². The molecule has 1 rings (SSSR count). The molecule has 1 aromatic carbocycles. The van der Waals surface area contributed by atoms with Gasteiger partial charge in [-0.2, -0.15) is 5.26 Å². The molecule has 0 spiro atoms. The van der Waals surface area contributed by atoms with Crippen molar-refractivity contribution in [3.63, 3.8) is 0 Å². The van der Waals surface area contributed by atoms with E-state index in [9.17, 15) is 10.1 Å². The molecule has 114 valence electrons. The Hall–Kier alpha value is -2.02. The number of ether oxygens (including phenoxy) is 1. The Bertz CT molecular complexity index is 516. The summed E-state index contributed by atoms with van der Waals surface area (Å²) >= 11 is 0. The normalized spacial score (nSPS) is 11.6. The summed E-state index contributed by atoms with van der Waals surface area (Å²) in [5.74, 6) is 0.0871. The third-order valence-electron chi connectivity index (χ3n) is 3.54. The number of aryl methyl sites for hydroxylation is 2. The van der Waals surface area contributed by atoms with Crippen LogP contribution in [-0.2, 0) is 4.79 Å². The zero-order valence-electron chi connectivity index (χ0n) is 13.3. The maximum atomic E-state index is 12.1. The highest BCUT2D eigenvalue weighted by atomic mass is 16.5. The van der Waals surface area contributed by atoms with Crippen molar-refractivity contribution in [3.05, 3.63) is 29.3 Å². The third-order valence-corrected chi connectivity index (χ3v) is 3.54. The van der Waals surface area contributed by atoms with Gasteiger partial charge < -0.3 is 9.64 Å². The second-order valence-corrected chi connectivity index (χ2v) is 5.10. The highest BCUT2D eigenvalue weighted by molar-refractivity contribution is 5.81. The van der Waals surface area contributed by atoms with Gasteiger partial charge in [-0.15, -0.1) is 0 Å². The van der Waals surface area contributed by atoms with E-state index >= 15 is 0 Å². The van der Waals surface area contributed by atoms with Gasteiger partial charge in [0.05, 0.1) is 12.7 Å². The average molecular weight is 288 g/mol. The van der Waals surface area contributed by atoms with Crippen molar-refractivity contribution in [2.45, 2.75) is 34.1 Å². The van der Waals surface area contributed by atoms with Crippen molar-refractivity contribution >= 4 is 5.91 Å². The molecule has 0 heterocycles. The molecule has 1 aromatic rings. The van der Waals surface area contributed by atoms with E-state index < -0.39 is 5.92 Å². The Balaban J connectivity index is 2.58. The Morgan fingerprint density at radius 2 is 2.00 bits per heavy atom. The minimum Gasteiger partial charge on any atom is -0.493 e. The van der Waals surface area contributed by atoms with Crippen LogP contribution in [0, 0.1) is 31.1 Å². The number of amides is 1. The lowest BCUT2D eigenvalue weighted by Crippen LogP contribution is -2.36. The van der Waals surface area contributed by atoms with Crippen LogP contribution in [0.5, 0.6) is 5.75 Å². The predicted molar refractivity (Wildman–Crippen MR) is 83.1 cm³/mol. The summed E-state index contributed by atoms with van der Waals surface area (Å²) in [6, 6.07) is 8.11. The quantitative estimate of drug-likeness (QED) is 0.774. The third kappa shape index (κ3) is 4.78. The highest BCUT2D eigenvalue weighted by Crippen LogP contribution is 2.20. The van der Waals surface area contributed by atoms with Crippen LogP contribution in [0.25, 0.3) is 0 Å². The minimum absolute atomic E-state index is 0.105.